The number of hydrogen-bond donors (Lipinski definition) is 0. The van der Waals surface area contributed by atoms with Crippen molar-refractivity contribution in [3.05, 3.63) is 33.9 Å². The summed E-state index contributed by atoms with van der Waals surface area (Å²) in [5.41, 5.74) is 1.99. The minimum absolute atomic E-state index is 0.190. The second-order valence-electron chi connectivity index (χ2n) is 5.23. The van der Waals surface area contributed by atoms with E-state index in [2.05, 4.69) is 27.9 Å². The molecule has 0 aromatic heterocycles. The van der Waals surface area contributed by atoms with E-state index in [9.17, 15) is 10.1 Å². The molecule has 0 spiro atoms. The van der Waals surface area contributed by atoms with Crippen LogP contribution >= 0.6 is 15.9 Å². The number of benzene rings is 1. The zero-order valence-electron chi connectivity index (χ0n) is 11.1. The maximum absolute atomic E-state index is 10.9. The molecule has 1 aliphatic carbocycles. The minimum Gasteiger partial charge on any atom is -0.374 e. The van der Waals surface area contributed by atoms with Gasteiger partial charge in [0.2, 0.25) is 0 Å². The number of nitro benzene ring substituents is 1. The first-order chi connectivity index (χ1) is 9.11. The van der Waals surface area contributed by atoms with E-state index in [1.165, 1.54) is 25.7 Å². The summed E-state index contributed by atoms with van der Waals surface area (Å²) in [4.78, 5) is 12.8. The maximum Gasteiger partial charge on any atom is 0.273 e. The van der Waals surface area contributed by atoms with Gasteiger partial charge >= 0.3 is 0 Å². The SMILES string of the molecule is CN(CC1CCCC1)c1ccc([N+](=O)[O-])c(CBr)c1. The van der Waals surface area contributed by atoms with Crippen molar-refractivity contribution in [2.75, 3.05) is 18.5 Å². The minimum atomic E-state index is -0.322. The van der Waals surface area contributed by atoms with Gasteiger partial charge in [-0.2, -0.15) is 0 Å². The van der Waals surface area contributed by atoms with Gasteiger partial charge in [0, 0.05) is 36.2 Å². The summed E-state index contributed by atoms with van der Waals surface area (Å²) in [6.45, 7) is 1.04. The highest BCUT2D eigenvalue weighted by Gasteiger charge is 2.19. The van der Waals surface area contributed by atoms with Crippen LogP contribution in [-0.4, -0.2) is 18.5 Å². The van der Waals surface area contributed by atoms with Crippen molar-refractivity contribution >= 4 is 27.3 Å². The normalized spacial score (nSPS) is 15.7. The van der Waals surface area contributed by atoms with Gasteiger partial charge in [0.1, 0.15) is 0 Å². The lowest BCUT2D eigenvalue weighted by Gasteiger charge is -2.23. The molecule has 0 amide bonds. The molecule has 1 aromatic carbocycles. The van der Waals surface area contributed by atoms with E-state index in [1.807, 2.05) is 12.1 Å². The van der Waals surface area contributed by atoms with Crippen molar-refractivity contribution in [3.8, 4) is 0 Å². The van der Waals surface area contributed by atoms with Crippen LogP contribution in [0.15, 0.2) is 18.2 Å². The lowest BCUT2D eigenvalue weighted by molar-refractivity contribution is -0.385. The van der Waals surface area contributed by atoms with Crippen LogP contribution in [0.5, 0.6) is 0 Å². The molecule has 1 aliphatic rings. The Morgan fingerprint density at radius 3 is 2.68 bits per heavy atom. The molecule has 0 N–H and O–H groups in total. The molecule has 104 valence electrons. The largest absolute Gasteiger partial charge is 0.374 e. The lowest BCUT2D eigenvalue weighted by atomic mass is 10.1. The molecule has 1 fully saturated rings. The highest BCUT2D eigenvalue weighted by Crippen LogP contribution is 2.29. The van der Waals surface area contributed by atoms with E-state index >= 15 is 0 Å². The number of nitro groups is 1. The van der Waals surface area contributed by atoms with E-state index in [4.69, 9.17) is 0 Å². The van der Waals surface area contributed by atoms with Gasteiger partial charge in [-0.15, -0.1) is 0 Å². The Labute approximate surface area is 122 Å². The average molecular weight is 327 g/mol. The first-order valence-corrected chi connectivity index (χ1v) is 7.78. The second-order valence-corrected chi connectivity index (χ2v) is 5.80. The Morgan fingerprint density at radius 1 is 1.42 bits per heavy atom. The molecule has 4 nitrogen and oxygen atoms in total. The Kier molecular flexibility index (Phi) is 4.80. The third kappa shape index (κ3) is 3.47. The summed E-state index contributed by atoms with van der Waals surface area (Å²) in [6.07, 6.45) is 5.29. The molecule has 19 heavy (non-hydrogen) atoms. The quantitative estimate of drug-likeness (QED) is 0.464. The number of anilines is 1. The van der Waals surface area contributed by atoms with Gasteiger partial charge in [-0.25, -0.2) is 0 Å². The average Bonchev–Trinajstić information content (AvgIpc) is 2.90. The smallest absolute Gasteiger partial charge is 0.273 e. The number of alkyl halides is 1. The van der Waals surface area contributed by atoms with Gasteiger partial charge in [-0.05, 0) is 30.9 Å². The third-order valence-corrected chi connectivity index (χ3v) is 4.46. The van der Waals surface area contributed by atoms with Gasteiger partial charge in [0.05, 0.1) is 4.92 Å². The molecule has 2 rings (SSSR count). The number of hydrogen-bond acceptors (Lipinski definition) is 3. The van der Waals surface area contributed by atoms with Crippen LogP contribution in [0.1, 0.15) is 31.2 Å². The van der Waals surface area contributed by atoms with E-state index in [1.54, 1.807) is 6.07 Å². The van der Waals surface area contributed by atoms with Crippen molar-refractivity contribution in [2.45, 2.75) is 31.0 Å². The van der Waals surface area contributed by atoms with Gasteiger partial charge in [0.15, 0.2) is 0 Å². The fourth-order valence-corrected chi connectivity index (χ4v) is 3.23. The van der Waals surface area contributed by atoms with Crippen molar-refractivity contribution in [3.63, 3.8) is 0 Å². The van der Waals surface area contributed by atoms with E-state index in [-0.39, 0.29) is 10.6 Å². The molecule has 0 atom stereocenters. The summed E-state index contributed by atoms with van der Waals surface area (Å²) < 4.78 is 0. The predicted molar refractivity (Wildman–Crippen MR) is 81.0 cm³/mol. The second kappa shape index (κ2) is 6.37. The van der Waals surface area contributed by atoms with Crippen molar-refractivity contribution in [2.24, 2.45) is 5.92 Å². The van der Waals surface area contributed by atoms with Crippen LogP contribution in [0.3, 0.4) is 0 Å². The summed E-state index contributed by atoms with van der Waals surface area (Å²) in [5.74, 6) is 0.771. The highest BCUT2D eigenvalue weighted by molar-refractivity contribution is 9.08. The molecule has 0 aliphatic heterocycles. The van der Waals surface area contributed by atoms with E-state index < -0.39 is 0 Å². The number of nitrogens with zero attached hydrogens (tertiary/aromatic N) is 2. The van der Waals surface area contributed by atoms with Crippen LogP contribution in [0, 0.1) is 16.0 Å². The highest BCUT2D eigenvalue weighted by atomic mass is 79.9. The number of halogens is 1. The third-order valence-electron chi connectivity index (χ3n) is 3.85. The first-order valence-electron chi connectivity index (χ1n) is 6.66. The molecule has 1 aromatic rings. The topological polar surface area (TPSA) is 46.4 Å². The molecule has 0 bridgehead atoms. The van der Waals surface area contributed by atoms with Crippen LogP contribution < -0.4 is 4.90 Å². The Hall–Kier alpha value is -1.10. The molecule has 0 saturated heterocycles. The summed E-state index contributed by atoms with van der Waals surface area (Å²) in [5, 5.41) is 11.4. The fraction of sp³-hybridized carbons (Fsp3) is 0.571. The van der Waals surface area contributed by atoms with E-state index in [0.29, 0.717) is 5.33 Å². The molecule has 1 saturated carbocycles. The van der Waals surface area contributed by atoms with Gasteiger partial charge < -0.3 is 4.90 Å². The van der Waals surface area contributed by atoms with E-state index in [0.717, 1.165) is 23.7 Å². The monoisotopic (exact) mass is 326 g/mol. The predicted octanol–water partition coefficient (Wildman–Crippen LogP) is 4.12. The maximum atomic E-state index is 10.9. The van der Waals surface area contributed by atoms with Crippen LogP contribution in [-0.2, 0) is 5.33 Å². The summed E-state index contributed by atoms with van der Waals surface area (Å²) in [6, 6.07) is 5.37. The van der Waals surface area contributed by atoms with Gasteiger partial charge in [-0.1, -0.05) is 28.8 Å². The zero-order valence-corrected chi connectivity index (χ0v) is 12.7. The molecule has 0 heterocycles. The molecular formula is C14H19BrN2O2. The molecule has 5 heteroatoms. The van der Waals surface area contributed by atoms with Gasteiger partial charge in [-0.3, -0.25) is 10.1 Å². The fourth-order valence-electron chi connectivity index (χ4n) is 2.78. The van der Waals surface area contributed by atoms with Crippen LogP contribution in [0.2, 0.25) is 0 Å². The molecular weight excluding hydrogens is 308 g/mol. The Morgan fingerprint density at radius 2 is 2.11 bits per heavy atom. The Bertz CT molecular complexity index is 459. The van der Waals surface area contributed by atoms with Crippen molar-refractivity contribution in [1.82, 2.24) is 0 Å². The number of rotatable bonds is 5. The van der Waals surface area contributed by atoms with Crippen molar-refractivity contribution < 1.29 is 4.92 Å². The Balaban J connectivity index is 2.13. The van der Waals surface area contributed by atoms with Crippen LogP contribution in [0.25, 0.3) is 0 Å². The first kappa shape index (κ1) is 14.3. The van der Waals surface area contributed by atoms with Crippen molar-refractivity contribution in [1.29, 1.82) is 0 Å². The zero-order chi connectivity index (χ0) is 13.8. The van der Waals surface area contributed by atoms with Gasteiger partial charge in [0.25, 0.3) is 5.69 Å². The van der Waals surface area contributed by atoms with Crippen LogP contribution in [0.4, 0.5) is 11.4 Å². The molecule has 0 radical (unpaired) electrons. The summed E-state index contributed by atoms with van der Waals surface area (Å²) in [7, 11) is 2.07. The lowest BCUT2D eigenvalue weighted by Crippen LogP contribution is -2.24. The summed E-state index contributed by atoms with van der Waals surface area (Å²) >= 11 is 3.33. The standard InChI is InChI=1S/C14H19BrN2O2/c1-16(10-11-4-2-3-5-11)13-6-7-14(17(18)19)12(8-13)9-15/h6-8,11H,2-5,9-10H2,1H3. The molecule has 0 unspecified atom stereocenters.